The van der Waals surface area contributed by atoms with Crippen molar-refractivity contribution in [1.82, 2.24) is 15.0 Å². The molecule has 0 radical (unpaired) electrons. The van der Waals surface area contributed by atoms with Gasteiger partial charge >= 0.3 is 0 Å². The van der Waals surface area contributed by atoms with Crippen LogP contribution in [-0.4, -0.2) is 26.7 Å². The van der Waals surface area contributed by atoms with Crippen molar-refractivity contribution < 1.29 is 4.74 Å². The quantitative estimate of drug-likeness (QED) is 0.745. The van der Waals surface area contributed by atoms with E-state index in [9.17, 15) is 0 Å². The summed E-state index contributed by atoms with van der Waals surface area (Å²) in [6.07, 6.45) is 4.12. The molecule has 2 heterocycles. The third kappa shape index (κ3) is 2.49. The first-order valence-corrected chi connectivity index (χ1v) is 5.75. The topological polar surface area (TPSA) is 39.9 Å². The lowest BCUT2D eigenvalue weighted by molar-refractivity contribution is -0.0234. The molecule has 0 aromatic carbocycles. The van der Waals surface area contributed by atoms with E-state index in [-0.39, 0.29) is 11.7 Å². The Kier molecular flexibility index (Phi) is 2.98. The van der Waals surface area contributed by atoms with Crippen LogP contribution in [0, 0.1) is 0 Å². The van der Waals surface area contributed by atoms with Gasteiger partial charge in [0.1, 0.15) is 0 Å². The van der Waals surface area contributed by atoms with Gasteiger partial charge in [0.25, 0.3) is 0 Å². The van der Waals surface area contributed by atoms with Crippen molar-refractivity contribution in [3.63, 3.8) is 0 Å². The summed E-state index contributed by atoms with van der Waals surface area (Å²) in [5.41, 5.74) is 0.955. The maximum Gasteiger partial charge on any atom is 0.0780 e. The lowest BCUT2D eigenvalue weighted by Gasteiger charge is -2.19. The van der Waals surface area contributed by atoms with Gasteiger partial charge in [-0.2, -0.15) is 0 Å². The van der Waals surface area contributed by atoms with Crippen LogP contribution in [0.15, 0.2) is 6.20 Å². The highest BCUT2D eigenvalue weighted by Crippen LogP contribution is 2.30. The summed E-state index contributed by atoms with van der Waals surface area (Å²) in [7, 11) is 0. The van der Waals surface area contributed by atoms with Gasteiger partial charge in [-0.05, 0) is 26.7 Å². The average molecular weight is 230 g/mol. The standard InChI is InChI=1S/C10H16ClN3O/c1-10(2)4-3-9(15-10)7-14-8(5-11)6-12-13-14/h6,9H,3-5,7H2,1-2H3. The summed E-state index contributed by atoms with van der Waals surface area (Å²) < 4.78 is 7.72. The maximum atomic E-state index is 5.89. The number of ether oxygens (including phenoxy) is 1. The number of halogens is 1. The fourth-order valence-corrected chi connectivity index (χ4v) is 2.14. The van der Waals surface area contributed by atoms with E-state index in [0.717, 1.165) is 25.1 Å². The SMILES string of the molecule is CC1(C)CCC(Cn2nncc2CCl)O1. The number of nitrogens with zero attached hydrogens (tertiary/aromatic N) is 3. The predicted octanol–water partition coefficient (Wildman–Crippen LogP) is 1.97. The van der Waals surface area contributed by atoms with Crippen molar-refractivity contribution in [1.29, 1.82) is 0 Å². The molecule has 1 aliphatic heterocycles. The summed E-state index contributed by atoms with van der Waals surface area (Å²) in [4.78, 5) is 0. The van der Waals surface area contributed by atoms with Crippen molar-refractivity contribution in [3.8, 4) is 0 Å². The molecule has 1 aromatic rings. The molecule has 1 fully saturated rings. The Morgan fingerprint density at radius 1 is 1.67 bits per heavy atom. The van der Waals surface area contributed by atoms with Gasteiger partial charge < -0.3 is 4.74 Å². The molecule has 0 saturated carbocycles. The van der Waals surface area contributed by atoms with E-state index < -0.39 is 0 Å². The van der Waals surface area contributed by atoms with Gasteiger partial charge in [0.2, 0.25) is 0 Å². The molecule has 1 saturated heterocycles. The number of hydrogen-bond donors (Lipinski definition) is 0. The molecule has 4 nitrogen and oxygen atoms in total. The molecular weight excluding hydrogens is 214 g/mol. The van der Waals surface area contributed by atoms with E-state index in [1.54, 1.807) is 6.20 Å². The van der Waals surface area contributed by atoms with Crippen molar-refractivity contribution >= 4 is 11.6 Å². The Hall–Kier alpha value is -0.610. The van der Waals surface area contributed by atoms with E-state index in [0.29, 0.717) is 5.88 Å². The molecular formula is C10H16ClN3O. The number of hydrogen-bond acceptors (Lipinski definition) is 3. The first kappa shape index (κ1) is 10.9. The minimum absolute atomic E-state index is 0.00633. The third-order valence-corrected chi connectivity index (χ3v) is 3.04. The second-order valence-corrected chi connectivity index (χ2v) is 4.85. The zero-order valence-electron chi connectivity index (χ0n) is 9.11. The third-order valence-electron chi connectivity index (χ3n) is 2.77. The first-order valence-electron chi connectivity index (χ1n) is 5.22. The molecule has 1 aromatic heterocycles. The fourth-order valence-electron chi connectivity index (χ4n) is 1.94. The van der Waals surface area contributed by atoms with Crippen LogP contribution in [0.2, 0.25) is 0 Å². The van der Waals surface area contributed by atoms with Crippen LogP contribution in [0.3, 0.4) is 0 Å². The molecule has 1 atom stereocenters. The summed E-state index contributed by atoms with van der Waals surface area (Å²) in [5, 5.41) is 7.84. The van der Waals surface area contributed by atoms with Gasteiger partial charge in [-0.15, -0.1) is 16.7 Å². The molecule has 84 valence electrons. The molecule has 1 unspecified atom stereocenters. The van der Waals surface area contributed by atoms with Crippen molar-refractivity contribution in [2.45, 2.75) is 50.8 Å². The highest BCUT2D eigenvalue weighted by atomic mass is 35.5. The van der Waals surface area contributed by atoms with Gasteiger partial charge in [-0.25, -0.2) is 4.68 Å². The number of alkyl halides is 1. The summed E-state index contributed by atoms with van der Waals surface area (Å²) in [6, 6.07) is 0. The second kappa shape index (κ2) is 4.10. The van der Waals surface area contributed by atoms with Gasteiger partial charge in [-0.3, -0.25) is 0 Å². The number of aromatic nitrogens is 3. The lowest BCUT2D eigenvalue weighted by atomic mass is 10.1. The minimum Gasteiger partial charge on any atom is -0.370 e. The Bertz CT molecular complexity index is 337. The fraction of sp³-hybridized carbons (Fsp3) is 0.800. The molecule has 0 spiro atoms. The summed E-state index contributed by atoms with van der Waals surface area (Å²) >= 11 is 5.77. The van der Waals surface area contributed by atoms with Crippen LogP contribution >= 0.6 is 11.6 Å². The first-order chi connectivity index (χ1) is 7.11. The van der Waals surface area contributed by atoms with Crippen LogP contribution in [0.25, 0.3) is 0 Å². The van der Waals surface area contributed by atoms with E-state index in [1.165, 1.54) is 0 Å². The van der Waals surface area contributed by atoms with E-state index in [1.807, 2.05) is 4.68 Å². The van der Waals surface area contributed by atoms with Gasteiger partial charge in [0.15, 0.2) is 0 Å². The van der Waals surface area contributed by atoms with Crippen LogP contribution in [-0.2, 0) is 17.2 Å². The van der Waals surface area contributed by atoms with Crippen LogP contribution < -0.4 is 0 Å². The smallest absolute Gasteiger partial charge is 0.0780 e. The molecule has 0 amide bonds. The Labute approximate surface area is 94.6 Å². The van der Waals surface area contributed by atoms with E-state index in [2.05, 4.69) is 24.2 Å². The van der Waals surface area contributed by atoms with Gasteiger partial charge in [-0.1, -0.05) is 5.21 Å². The molecule has 0 bridgehead atoms. The molecule has 1 aliphatic rings. The lowest BCUT2D eigenvalue weighted by Crippen LogP contribution is -2.24. The largest absolute Gasteiger partial charge is 0.370 e. The van der Waals surface area contributed by atoms with Crippen LogP contribution in [0.1, 0.15) is 32.4 Å². The van der Waals surface area contributed by atoms with Crippen molar-refractivity contribution in [3.05, 3.63) is 11.9 Å². The van der Waals surface area contributed by atoms with Crippen molar-refractivity contribution in [2.75, 3.05) is 0 Å². The normalized spacial score (nSPS) is 24.6. The molecule has 2 rings (SSSR count). The molecule has 15 heavy (non-hydrogen) atoms. The Morgan fingerprint density at radius 2 is 2.47 bits per heavy atom. The number of rotatable bonds is 3. The van der Waals surface area contributed by atoms with Gasteiger partial charge in [0.05, 0.1) is 36.0 Å². The highest BCUT2D eigenvalue weighted by molar-refractivity contribution is 6.16. The second-order valence-electron chi connectivity index (χ2n) is 4.58. The predicted molar refractivity (Wildman–Crippen MR) is 57.8 cm³/mol. The van der Waals surface area contributed by atoms with Gasteiger partial charge in [0, 0.05) is 0 Å². The van der Waals surface area contributed by atoms with Crippen LogP contribution in [0.4, 0.5) is 0 Å². The minimum atomic E-state index is 0.00633. The summed E-state index contributed by atoms with van der Waals surface area (Å²) in [6.45, 7) is 5.00. The van der Waals surface area contributed by atoms with E-state index >= 15 is 0 Å². The highest BCUT2D eigenvalue weighted by Gasteiger charge is 2.32. The monoisotopic (exact) mass is 229 g/mol. The Balaban J connectivity index is 1.98. The maximum absolute atomic E-state index is 5.89. The zero-order valence-corrected chi connectivity index (χ0v) is 9.87. The molecule has 5 heteroatoms. The average Bonchev–Trinajstić information content (AvgIpc) is 2.73. The van der Waals surface area contributed by atoms with E-state index in [4.69, 9.17) is 16.3 Å². The molecule has 0 N–H and O–H groups in total. The summed E-state index contributed by atoms with van der Waals surface area (Å²) in [5.74, 6) is 0.448. The zero-order chi connectivity index (χ0) is 10.9. The molecule has 0 aliphatic carbocycles. The Morgan fingerprint density at radius 3 is 3.07 bits per heavy atom. The van der Waals surface area contributed by atoms with Crippen LogP contribution in [0.5, 0.6) is 0 Å². The van der Waals surface area contributed by atoms with Crippen molar-refractivity contribution in [2.24, 2.45) is 0 Å².